The van der Waals surface area contributed by atoms with Gasteiger partial charge in [-0.3, -0.25) is 0 Å². The first-order chi connectivity index (χ1) is 9.16. The van der Waals surface area contributed by atoms with Crippen molar-refractivity contribution in [3.05, 3.63) is 21.4 Å². The highest BCUT2D eigenvalue weighted by Gasteiger charge is 2.23. The van der Waals surface area contributed by atoms with Crippen molar-refractivity contribution in [2.75, 3.05) is 12.3 Å². The molecule has 1 aromatic carbocycles. The van der Waals surface area contributed by atoms with Gasteiger partial charge in [0.1, 0.15) is 4.90 Å². The minimum absolute atomic E-state index is 0.0476. The largest absolute Gasteiger partial charge is 0.395 e. The normalized spacial score (nSPS) is 12.1. The van der Waals surface area contributed by atoms with Crippen molar-refractivity contribution in [2.24, 2.45) is 5.92 Å². The van der Waals surface area contributed by atoms with Gasteiger partial charge in [-0.05, 0) is 40.8 Å². The second kappa shape index (κ2) is 7.06. The topological polar surface area (TPSA) is 72.2 Å². The van der Waals surface area contributed by atoms with Gasteiger partial charge in [-0.1, -0.05) is 25.4 Å². The van der Waals surface area contributed by atoms with Crippen LogP contribution < -0.4 is 10.5 Å². The van der Waals surface area contributed by atoms with E-state index in [0.717, 1.165) is 12.5 Å². The van der Waals surface area contributed by atoms with Crippen molar-refractivity contribution in [1.82, 2.24) is 4.72 Å². The van der Waals surface area contributed by atoms with Gasteiger partial charge in [0.2, 0.25) is 10.0 Å². The quantitative estimate of drug-likeness (QED) is 0.445. The third kappa shape index (κ3) is 4.31. The fraction of sp³-hybridized carbons (Fsp3) is 0.500. The summed E-state index contributed by atoms with van der Waals surface area (Å²) in [7, 11) is -3.96. The molecule has 0 amide bonds. The average Bonchev–Trinajstić information content (AvgIpc) is 2.36. The van der Waals surface area contributed by atoms with E-state index in [1.165, 1.54) is 0 Å². The van der Waals surface area contributed by atoms with Crippen molar-refractivity contribution < 1.29 is 12.8 Å². The summed E-state index contributed by atoms with van der Waals surface area (Å²) in [5, 5.41) is 0.0476. The van der Waals surface area contributed by atoms with Crippen LogP contribution in [0.1, 0.15) is 26.7 Å². The molecule has 0 aliphatic carbocycles. The molecule has 114 valence electrons. The molecule has 0 spiro atoms. The molecule has 0 radical (unpaired) electrons. The third-order valence-electron chi connectivity index (χ3n) is 2.70. The van der Waals surface area contributed by atoms with Crippen molar-refractivity contribution in [2.45, 2.75) is 31.6 Å². The summed E-state index contributed by atoms with van der Waals surface area (Å²) in [5.41, 5.74) is 5.16. The van der Waals surface area contributed by atoms with Crippen LogP contribution in [0.4, 0.5) is 10.1 Å². The second-order valence-corrected chi connectivity index (χ2v) is 7.77. The van der Waals surface area contributed by atoms with Crippen molar-refractivity contribution >= 4 is 43.2 Å². The average molecular weight is 388 g/mol. The standard InChI is InChI=1S/C12H17BrClFN2O2S/c1-7(2)4-3-5-17-20(18,19)9-6-8(14)10(13)12(16)11(9)15/h6-7,17H,3-5,16H2,1-2H3. The lowest BCUT2D eigenvalue weighted by molar-refractivity contribution is 0.533. The van der Waals surface area contributed by atoms with Gasteiger partial charge >= 0.3 is 0 Å². The summed E-state index contributed by atoms with van der Waals surface area (Å²) in [6, 6.07) is 1.04. The summed E-state index contributed by atoms with van der Waals surface area (Å²) in [4.78, 5) is -0.534. The number of anilines is 1. The van der Waals surface area contributed by atoms with Gasteiger partial charge in [-0.15, -0.1) is 0 Å². The zero-order valence-corrected chi connectivity index (χ0v) is 14.4. The molecule has 0 saturated carbocycles. The summed E-state index contributed by atoms with van der Waals surface area (Å²) < 4.78 is 40.5. The summed E-state index contributed by atoms with van der Waals surface area (Å²) in [5.74, 6) is -0.522. The SMILES string of the molecule is CC(C)CCCNS(=O)(=O)c1cc(Cl)c(Br)c(N)c1F. The van der Waals surface area contributed by atoms with Crippen LogP contribution in [0.15, 0.2) is 15.4 Å². The molecule has 8 heteroatoms. The Hall–Kier alpha value is -0.370. The Morgan fingerprint density at radius 2 is 2.10 bits per heavy atom. The predicted molar refractivity (Wildman–Crippen MR) is 82.8 cm³/mol. The number of nitrogens with one attached hydrogen (secondary N) is 1. The van der Waals surface area contributed by atoms with Gasteiger partial charge in [0.15, 0.2) is 5.82 Å². The van der Waals surface area contributed by atoms with Crippen molar-refractivity contribution in [1.29, 1.82) is 0 Å². The monoisotopic (exact) mass is 386 g/mol. The van der Waals surface area contributed by atoms with E-state index in [1.807, 2.05) is 13.8 Å². The van der Waals surface area contributed by atoms with Crippen LogP contribution in [0.5, 0.6) is 0 Å². The smallest absolute Gasteiger partial charge is 0.243 e. The molecule has 0 saturated heterocycles. The second-order valence-electron chi connectivity index (χ2n) is 4.83. The van der Waals surface area contributed by atoms with E-state index in [0.29, 0.717) is 12.3 Å². The Morgan fingerprint density at radius 3 is 2.65 bits per heavy atom. The van der Waals surface area contributed by atoms with Crippen LogP contribution >= 0.6 is 27.5 Å². The van der Waals surface area contributed by atoms with E-state index in [9.17, 15) is 12.8 Å². The highest BCUT2D eigenvalue weighted by atomic mass is 79.9. The number of rotatable bonds is 6. The van der Waals surface area contributed by atoms with Gasteiger partial charge in [-0.2, -0.15) is 0 Å². The van der Waals surface area contributed by atoms with Crippen LogP contribution in [0.3, 0.4) is 0 Å². The van der Waals surface area contributed by atoms with Crippen LogP contribution in [0.25, 0.3) is 0 Å². The maximum atomic E-state index is 13.9. The molecule has 4 nitrogen and oxygen atoms in total. The molecular formula is C12H17BrClFN2O2S. The molecule has 0 unspecified atom stereocenters. The van der Waals surface area contributed by atoms with Gasteiger partial charge in [0.25, 0.3) is 0 Å². The van der Waals surface area contributed by atoms with E-state index in [-0.39, 0.29) is 21.7 Å². The lowest BCUT2D eigenvalue weighted by Gasteiger charge is -2.11. The zero-order chi connectivity index (χ0) is 15.5. The molecule has 3 N–H and O–H groups in total. The fourth-order valence-electron chi connectivity index (χ4n) is 1.59. The Balaban J connectivity index is 2.94. The van der Waals surface area contributed by atoms with E-state index < -0.39 is 20.7 Å². The highest BCUT2D eigenvalue weighted by molar-refractivity contribution is 9.10. The molecule has 1 rings (SSSR count). The van der Waals surface area contributed by atoms with E-state index in [1.54, 1.807) is 0 Å². The summed E-state index contributed by atoms with van der Waals surface area (Å²) in [6.07, 6.45) is 1.56. The first kappa shape index (κ1) is 17.7. The molecule has 0 aliphatic heterocycles. The van der Waals surface area contributed by atoms with Crippen LogP contribution in [0.2, 0.25) is 5.02 Å². The maximum Gasteiger partial charge on any atom is 0.243 e. The van der Waals surface area contributed by atoms with Crippen molar-refractivity contribution in [3.63, 3.8) is 0 Å². The van der Waals surface area contributed by atoms with E-state index in [4.69, 9.17) is 17.3 Å². The predicted octanol–water partition coefficient (Wildman–Crippen LogP) is 3.54. The molecule has 0 bridgehead atoms. The van der Waals surface area contributed by atoms with Gasteiger partial charge in [0.05, 0.1) is 15.2 Å². The fourth-order valence-corrected chi connectivity index (χ4v) is 3.34. The Bertz CT molecular complexity index is 594. The number of hydrogen-bond acceptors (Lipinski definition) is 3. The molecule has 0 heterocycles. The molecule has 0 aliphatic rings. The highest BCUT2D eigenvalue weighted by Crippen LogP contribution is 2.34. The number of nitrogens with two attached hydrogens (primary N) is 1. The number of nitrogen functional groups attached to an aromatic ring is 1. The van der Waals surface area contributed by atoms with Crippen LogP contribution in [-0.4, -0.2) is 15.0 Å². The van der Waals surface area contributed by atoms with Gasteiger partial charge in [-0.25, -0.2) is 17.5 Å². The lowest BCUT2D eigenvalue weighted by atomic mass is 10.1. The van der Waals surface area contributed by atoms with Crippen molar-refractivity contribution in [3.8, 4) is 0 Å². The number of sulfonamides is 1. The molecule has 1 aromatic rings. The van der Waals surface area contributed by atoms with E-state index >= 15 is 0 Å². The summed E-state index contributed by atoms with van der Waals surface area (Å²) >= 11 is 8.81. The first-order valence-electron chi connectivity index (χ1n) is 6.09. The lowest BCUT2D eigenvalue weighted by Crippen LogP contribution is -2.26. The minimum atomic E-state index is -3.96. The molecular weight excluding hydrogens is 371 g/mol. The molecule has 0 aromatic heterocycles. The summed E-state index contributed by atoms with van der Waals surface area (Å²) in [6.45, 7) is 4.33. The molecule has 20 heavy (non-hydrogen) atoms. The molecule has 0 atom stereocenters. The van der Waals surface area contributed by atoms with Gasteiger partial charge in [0, 0.05) is 6.54 Å². The minimum Gasteiger partial charge on any atom is -0.395 e. The van der Waals surface area contributed by atoms with Crippen LogP contribution in [0, 0.1) is 11.7 Å². The Morgan fingerprint density at radius 1 is 1.50 bits per heavy atom. The molecule has 0 fully saturated rings. The number of benzene rings is 1. The van der Waals surface area contributed by atoms with Gasteiger partial charge < -0.3 is 5.73 Å². The Labute approximate surface area is 132 Å². The zero-order valence-electron chi connectivity index (χ0n) is 11.2. The third-order valence-corrected chi connectivity index (χ3v) is 5.54. The number of hydrogen-bond donors (Lipinski definition) is 2. The van der Waals surface area contributed by atoms with Crippen LogP contribution in [-0.2, 0) is 10.0 Å². The number of halogens is 3. The first-order valence-corrected chi connectivity index (χ1v) is 8.75. The maximum absolute atomic E-state index is 13.9. The van der Waals surface area contributed by atoms with E-state index in [2.05, 4.69) is 20.7 Å². The Kier molecular flexibility index (Phi) is 6.25.